The van der Waals surface area contributed by atoms with Crippen molar-refractivity contribution in [3.05, 3.63) is 83.9 Å². The average molecular weight is 388 g/mol. The molecule has 0 saturated heterocycles. The standard InChI is InChI=1S/C22H20N4O3/c1-26(2)17-9-5-8-16(13-17)22(27)23-18-10-4-3-7-15(18)14-20-24-21(25-29-20)19-11-6-12-28-19/h3-13H,14H2,1-2H3,(H,23,27). The number of rotatable bonds is 6. The second kappa shape index (κ2) is 8.02. The third-order valence-electron chi connectivity index (χ3n) is 4.44. The molecule has 0 unspecified atom stereocenters. The summed E-state index contributed by atoms with van der Waals surface area (Å²) in [5, 5.41) is 6.93. The van der Waals surface area contributed by atoms with Gasteiger partial charge in [-0.15, -0.1) is 0 Å². The van der Waals surface area contributed by atoms with Crippen LogP contribution in [0.2, 0.25) is 0 Å². The number of furan rings is 1. The molecule has 29 heavy (non-hydrogen) atoms. The number of amides is 1. The third kappa shape index (κ3) is 4.19. The molecular weight excluding hydrogens is 368 g/mol. The Balaban J connectivity index is 1.53. The zero-order valence-corrected chi connectivity index (χ0v) is 16.1. The maximum absolute atomic E-state index is 12.8. The van der Waals surface area contributed by atoms with Crippen molar-refractivity contribution in [2.24, 2.45) is 0 Å². The number of carbonyl (C=O) groups is 1. The van der Waals surface area contributed by atoms with Crippen molar-refractivity contribution < 1.29 is 13.7 Å². The molecule has 2 aromatic carbocycles. The predicted molar refractivity (Wildman–Crippen MR) is 110 cm³/mol. The van der Waals surface area contributed by atoms with E-state index in [0.717, 1.165) is 11.3 Å². The van der Waals surface area contributed by atoms with E-state index in [4.69, 9.17) is 8.94 Å². The first-order chi connectivity index (χ1) is 14.1. The number of para-hydroxylation sites is 1. The van der Waals surface area contributed by atoms with Crippen LogP contribution in [0.15, 0.2) is 75.9 Å². The molecule has 7 nitrogen and oxygen atoms in total. The first kappa shape index (κ1) is 18.5. The highest BCUT2D eigenvalue weighted by Gasteiger charge is 2.15. The lowest BCUT2D eigenvalue weighted by Crippen LogP contribution is -2.15. The molecule has 0 saturated carbocycles. The van der Waals surface area contributed by atoms with E-state index >= 15 is 0 Å². The second-order valence-corrected chi connectivity index (χ2v) is 6.72. The summed E-state index contributed by atoms with van der Waals surface area (Å²) >= 11 is 0. The van der Waals surface area contributed by atoms with Crippen LogP contribution in [0.1, 0.15) is 21.8 Å². The number of aromatic nitrogens is 2. The molecule has 0 aliphatic rings. The smallest absolute Gasteiger partial charge is 0.255 e. The van der Waals surface area contributed by atoms with E-state index in [1.807, 2.05) is 61.5 Å². The Morgan fingerprint density at radius 1 is 1.07 bits per heavy atom. The maximum Gasteiger partial charge on any atom is 0.255 e. The van der Waals surface area contributed by atoms with Crippen LogP contribution in [0.25, 0.3) is 11.6 Å². The van der Waals surface area contributed by atoms with Gasteiger partial charge in [0.1, 0.15) is 0 Å². The molecule has 4 aromatic rings. The van der Waals surface area contributed by atoms with Crippen LogP contribution in [0.4, 0.5) is 11.4 Å². The van der Waals surface area contributed by atoms with Gasteiger partial charge in [0, 0.05) is 31.0 Å². The molecule has 1 N–H and O–H groups in total. The van der Waals surface area contributed by atoms with Crippen LogP contribution in [0, 0.1) is 0 Å². The van der Waals surface area contributed by atoms with Crippen LogP contribution in [0.5, 0.6) is 0 Å². The molecular formula is C22H20N4O3. The fourth-order valence-electron chi connectivity index (χ4n) is 2.91. The first-order valence-corrected chi connectivity index (χ1v) is 9.13. The van der Waals surface area contributed by atoms with Crippen molar-refractivity contribution in [3.8, 4) is 11.6 Å². The summed E-state index contributed by atoms with van der Waals surface area (Å²) in [6.07, 6.45) is 1.95. The number of nitrogens with zero attached hydrogens (tertiary/aromatic N) is 3. The maximum atomic E-state index is 12.8. The number of carbonyl (C=O) groups excluding carboxylic acids is 1. The van der Waals surface area contributed by atoms with Crippen LogP contribution in [-0.2, 0) is 6.42 Å². The fourth-order valence-corrected chi connectivity index (χ4v) is 2.91. The Bertz CT molecular complexity index is 1120. The topological polar surface area (TPSA) is 84.4 Å². The predicted octanol–water partition coefficient (Wildman–Crippen LogP) is 4.24. The number of nitrogens with one attached hydrogen (secondary N) is 1. The molecule has 7 heteroatoms. The van der Waals surface area contributed by atoms with Gasteiger partial charge in [0.2, 0.25) is 11.7 Å². The molecule has 0 aliphatic heterocycles. The van der Waals surface area contributed by atoms with E-state index in [9.17, 15) is 4.79 Å². The zero-order chi connectivity index (χ0) is 20.2. The summed E-state index contributed by atoms with van der Waals surface area (Å²) in [4.78, 5) is 19.1. The first-order valence-electron chi connectivity index (χ1n) is 9.13. The summed E-state index contributed by atoms with van der Waals surface area (Å²) in [7, 11) is 3.88. The Hall–Kier alpha value is -3.87. The van der Waals surface area contributed by atoms with Gasteiger partial charge in [0.05, 0.1) is 12.7 Å². The molecule has 2 heterocycles. The SMILES string of the molecule is CN(C)c1cccc(C(=O)Nc2ccccc2Cc2nc(-c3ccco3)no2)c1. The number of hydrogen-bond acceptors (Lipinski definition) is 6. The van der Waals surface area contributed by atoms with Crippen molar-refractivity contribution >= 4 is 17.3 Å². The fraction of sp³-hybridized carbons (Fsp3) is 0.136. The van der Waals surface area contributed by atoms with E-state index in [1.165, 1.54) is 0 Å². The molecule has 4 rings (SSSR count). The van der Waals surface area contributed by atoms with Gasteiger partial charge in [-0.3, -0.25) is 4.79 Å². The number of hydrogen-bond donors (Lipinski definition) is 1. The second-order valence-electron chi connectivity index (χ2n) is 6.72. The van der Waals surface area contributed by atoms with Gasteiger partial charge in [-0.25, -0.2) is 0 Å². The number of anilines is 2. The van der Waals surface area contributed by atoms with E-state index in [2.05, 4.69) is 15.5 Å². The average Bonchev–Trinajstić information content (AvgIpc) is 3.41. The summed E-state index contributed by atoms with van der Waals surface area (Å²) in [6, 6.07) is 18.5. The summed E-state index contributed by atoms with van der Waals surface area (Å²) in [6.45, 7) is 0. The zero-order valence-electron chi connectivity index (χ0n) is 16.1. The van der Waals surface area contributed by atoms with Crippen LogP contribution in [0.3, 0.4) is 0 Å². The summed E-state index contributed by atoms with van der Waals surface area (Å²) in [5.41, 5.74) is 3.12. The third-order valence-corrected chi connectivity index (χ3v) is 4.44. The van der Waals surface area contributed by atoms with E-state index < -0.39 is 0 Å². The van der Waals surface area contributed by atoms with Crippen molar-refractivity contribution in [2.45, 2.75) is 6.42 Å². The van der Waals surface area contributed by atoms with Crippen molar-refractivity contribution in [1.29, 1.82) is 0 Å². The van der Waals surface area contributed by atoms with Crippen molar-refractivity contribution in [1.82, 2.24) is 10.1 Å². The van der Waals surface area contributed by atoms with Crippen molar-refractivity contribution in [2.75, 3.05) is 24.3 Å². The van der Waals surface area contributed by atoms with Crippen molar-refractivity contribution in [3.63, 3.8) is 0 Å². The molecule has 0 aliphatic carbocycles. The molecule has 0 atom stereocenters. The largest absolute Gasteiger partial charge is 0.461 e. The normalized spacial score (nSPS) is 10.7. The summed E-state index contributed by atoms with van der Waals surface area (Å²) in [5.74, 6) is 1.20. The van der Waals surface area contributed by atoms with E-state index in [0.29, 0.717) is 35.1 Å². The van der Waals surface area contributed by atoms with Crippen LogP contribution < -0.4 is 10.2 Å². The summed E-state index contributed by atoms with van der Waals surface area (Å²) < 4.78 is 10.6. The van der Waals surface area contributed by atoms with Gasteiger partial charge in [-0.2, -0.15) is 4.98 Å². The Labute approximate surface area is 168 Å². The highest BCUT2D eigenvalue weighted by Crippen LogP contribution is 2.22. The Morgan fingerprint density at radius 3 is 2.72 bits per heavy atom. The molecule has 2 aromatic heterocycles. The van der Waals surface area contributed by atoms with E-state index in [-0.39, 0.29) is 5.91 Å². The van der Waals surface area contributed by atoms with Gasteiger partial charge >= 0.3 is 0 Å². The monoisotopic (exact) mass is 388 g/mol. The lowest BCUT2D eigenvalue weighted by molar-refractivity contribution is 0.102. The molecule has 1 amide bonds. The Morgan fingerprint density at radius 2 is 1.93 bits per heavy atom. The minimum atomic E-state index is -0.178. The van der Waals surface area contributed by atoms with Gasteiger partial charge in [-0.05, 0) is 42.0 Å². The molecule has 146 valence electrons. The van der Waals surface area contributed by atoms with Gasteiger partial charge in [0.25, 0.3) is 5.91 Å². The highest BCUT2D eigenvalue weighted by molar-refractivity contribution is 6.05. The lowest BCUT2D eigenvalue weighted by Gasteiger charge is -2.14. The van der Waals surface area contributed by atoms with Crippen LogP contribution in [-0.4, -0.2) is 30.1 Å². The molecule has 0 fully saturated rings. The van der Waals surface area contributed by atoms with Crippen LogP contribution >= 0.6 is 0 Å². The highest BCUT2D eigenvalue weighted by atomic mass is 16.5. The lowest BCUT2D eigenvalue weighted by atomic mass is 10.1. The molecule has 0 radical (unpaired) electrons. The minimum absolute atomic E-state index is 0.178. The number of benzene rings is 2. The van der Waals surface area contributed by atoms with Gasteiger partial charge in [0.15, 0.2) is 5.76 Å². The molecule has 0 bridgehead atoms. The van der Waals surface area contributed by atoms with E-state index in [1.54, 1.807) is 24.5 Å². The molecule has 0 spiro atoms. The van der Waals surface area contributed by atoms with Gasteiger partial charge in [-0.1, -0.05) is 29.4 Å². The quantitative estimate of drug-likeness (QED) is 0.532. The Kier molecular flexibility index (Phi) is 5.11. The van der Waals surface area contributed by atoms with Gasteiger partial charge < -0.3 is 19.2 Å². The minimum Gasteiger partial charge on any atom is -0.461 e.